The summed E-state index contributed by atoms with van der Waals surface area (Å²) in [5, 5.41) is 1.19. The van der Waals surface area contributed by atoms with Crippen LogP contribution >= 0.6 is 0 Å². The number of rotatable bonds is 4. The lowest BCUT2D eigenvalue weighted by Gasteiger charge is -2.13. The van der Waals surface area contributed by atoms with Crippen LogP contribution < -0.4 is 5.73 Å². The number of nitrogens with two attached hydrogens (primary N) is 1. The summed E-state index contributed by atoms with van der Waals surface area (Å²) >= 11 is 0. The summed E-state index contributed by atoms with van der Waals surface area (Å²) in [5.74, 6) is 1.06. The SMILES string of the molecule is Cc1cc(C(N)CCc2nccn2C)nc2ccccc12. The fourth-order valence-corrected chi connectivity index (χ4v) is 2.64. The molecule has 0 aliphatic heterocycles. The van der Waals surface area contributed by atoms with E-state index in [-0.39, 0.29) is 6.04 Å². The molecule has 0 fully saturated rings. The summed E-state index contributed by atoms with van der Waals surface area (Å²) in [4.78, 5) is 9.04. The van der Waals surface area contributed by atoms with E-state index in [4.69, 9.17) is 10.7 Å². The van der Waals surface area contributed by atoms with Gasteiger partial charge in [-0.25, -0.2) is 4.98 Å². The van der Waals surface area contributed by atoms with Crippen LogP contribution in [0.3, 0.4) is 0 Å². The molecular formula is C17H20N4. The highest BCUT2D eigenvalue weighted by Gasteiger charge is 2.11. The molecule has 3 aromatic rings. The first kappa shape index (κ1) is 13.8. The molecule has 0 amide bonds. The van der Waals surface area contributed by atoms with Crippen LogP contribution in [0.1, 0.15) is 29.5 Å². The molecular weight excluding hydrogens is 260 g/mol. The van der Waals surface area contributed by atoms with Gasteiger partial charge in [0.2, 0.25) is 0 Å². The highest BCUT2D eigenvalue weighted by atomic mass is 15.0. The molecule has 0 saturated carbocycles. The van der Waals surface area contributed by atoms with Crippen molar-refractivity contribution in [3.05, 3.63) is 59.8 Å². The third-order valence-corrected chi connectivity index (χ3v) is 3.92. The van der Waals surface area contributed by atoms with E-state index >= 15 is 0 Å². The van der Waals surface area contributed by atoms with E-state index in [0.717, 1.165) is 29.9 Å². The first-order valence-electron chi connectivity index (χ1n) is 7.23. The van der Waals surface area contributed by atoms with Crippen LogP contribution in [-0.4, -0.2) is 14.5 Å². The Kier molecular flexibility index (Phi) is 3.71. The number of aromatic nitrogens is 3. The summed E-state index contributed by atoms with van der Waals surface area (Å²) in [6, 6.07) is 10.2. The van der Waals surface area contributed by atoms with Gasteiger partial charge in [-0.05, 0) is 31.0 Å². The third kappa shape index (κ3) is 2.81. The van der Waals surface area contributed by atoms with Crippen molar-refractivity contribution in [2.45, 2.75) is 25.8 Å². The summed E-state index contributed by atoms with van der Waals surface area (Å²) in [5.41, 5.74) is 9.52. The zero-order valence-corrected chi connectivity index (χ0v) is 12.5. The predicted molar refractivity (Wildman–Crippen MR) is 84.9 cm³/mol. The van der Waals surface area contributed by atoms with Crippen molar-refractivity contribution in [1.82, 2.24) is 14.5 Å². The molecule has 21 heavy (non-hydrogen) atoms. The maximum absolute atomic E-state index is 6.32. The van der Waals surface area contributed by atoms with Crippen molar-refractivity contribution in [1.29, 1.82) is 0 Å². The van der Waals surface area contributed by atoms with E-state index in [0.29, 0.717) is 0 Å². The van der Waals surface area contributed by atoms with Gasteiger partial charge in [-0.1, -0.05) is 18.2 Å². The summed E-state index contributed by atoms with van der Waals surface area (Å²) in [6.07, 6.45) is 5.48. The van der Waals surface area contributed by atoms with Gasteiger partial charge in [-0.3, -0.25) is 4.98 Å². The molecule has 4 heteroatoms. The lowest BCUT2D eigenvalue weighted by Crippen LogP contribution is -2.14. The second-order valence-electron chi connectivity index (χ2n) is 5.48. The normalized spacial score (nSPS) is 12.7. The van der Waals surface area contributed by atoms with Crippen LogP contribution in [0, 0.1) is 6.92 Å². The molecule has 0 aliphatic rings. The fraction of sp³-hybridized carbons (Fsp3) is 0.294. The Labute approximate surface area is 124 Å². The first-order chi connectivity index (χ1) is 10.1. The number of fused-ring (bicyclic) bond motifs is 1. The van der Waals surface area contributed by atoms with Gasteiger partial charge in [-0.2, -0.15) is 0 Å². The molecule has 0 aliphatic carbocycles. The van der Waals surface area contributed by atoms with E-state index in [1.54, 1.807) is 0 Å². The second kappa shape index (κ2) is 5.66. The van der Waals surface area contributed by atoms with Crippen LogP contribution in [0.5, 0.6) is 0 Å². The van der Waals surface area contributed by atoms with Crippen LogP contribution in [-0.2, 0) is 13.5 Å². The minimum absolute atomic E-state index is 0.0648. The Morgan fingerprint density at radius 3 is 2.86 bits per heavy atom. The predicted octanol–water partition coefficient (Wildman–Crippen LogP) is 2.91. The summed E-state index contributed by atoms with van der Waals surface area (Å²) < 4.78 is 2.03. The highest BCUT2D eigenvalue weighted by molar-refractivity contribution is 5.82. The van der Waals surface area contributed by atoms with Crippen molar-refractivity contribution in [2.75, 3.05) is 0 Å². The standard InChI is InChI=1S/C17H20N4/c1-12-11-16(20-15-6-4-3-5-13(12)15)14(18)7-8-17-19-9-10-21(17)2/h3-6,9-11,14H,7-8,18H2,1-2H3. The Morgan fingerprint density at radius 2 is 2.10 bits per heavy atom. The molecule has 1 unspecified atom stereocenters. The van der Waals surface area contributed by atoms with E-state index in [2.05, 4.69) is 24.0 Å². The van der Waals surface area contributed by atoms with Gasteiger partial charge in [0.05, 0.1) is 11.2 Å². The molecule has 108 valence electrons. The molecule has 4 nitrogen and oxygen atoms in total. The molecule has 2 N–H and O–H groups in total. The van der Waals surface area contributed by atoms with Gasteiger partial charge in [0.15, 0.2) is 0 Å². The van der Waals surface area contributed by atoms with Crippen LogP contribution in [0.15, 0.2) is 42.7 Å². The van der Waals surface area contributed by atoms with Crippen molar-refractivity contribution < 1.29 is 0 Å². The Morgan fingerprint density at radius 1 is 1.29 bits per heavy atom. The minimum Gasteiger partial charge on any atom is -0.338 e. The number of nitrogens with zero attached hydrogens (tertiary/aromatic N) is 3. The quantitative estimate of drug-likeness (QED) is 0.799. The van der Waals surface area contributed by atoms with Gasteiger partial charge in [0, 0.05) is 37.3 Å². The Balaban J connectivity index is 1.81. The maximum Gasteiger partial charge on any atom is 0.108 e. The van der Waals surface area contributed by atoms with E-state index in [1.165, 1.54) is 10.9 Å². The largest absolute Gasteiger partial charge is 0.338 e. The average Bonchev–Trinajstić information content (AvgIpc) is 2.90. The number of para-hydroxylation sites is 1. The van der Waals surface area contributed by atoms with Crippen molar-refractivity contribution in [3.63, 3.8) is 0 Å². The van der Waals surface area contributed by atoms with Gasteiger partial charge in [0.1, 0.15) is 5.82 Å². The second-order valence-corrected chi connectivity index (χ2v) is 5.48. The number of pyridine rings is 1. The Bertz CT molecular complexity index is 760. The zero-order valence-electron chi connectivity index (χ0n) is 12.5. The lowest BCUT2D eigenvalue weighted by molar-refractivity contribution is 0.608. The molecule has 0 spiro atoms. The van der Waals surface area contributed by atoms with Gasteiger partial charge in [0.25, 0.3) is 0 Å². The van der Waals surface area contributed by atoms with E-state index < -0.39 is 0 Å². The number of hydrogen-bond acceptors (Lipinski definition) is 3. The van der Waals surface area contributed by atoms with Crippen LogP contribution in [0.25, 0.3) is 10.9 Å². The van der Waals surface area contributed by atoms with Crippen molar-refractivity contribution >= 4 is 10.9 Å². The first-order valence-corrected chi connectivity index (χ1v) is 7.23. The minimum atomic E-state index is -0.0648. The van der Waals surface area contributed by atoms with Gasteiger partial charge in [-0.15, -0.1) is 0 Å². The fourth-order valence-electron chi connectivity index (χ4n) is 2.64. The smallest absolute Gasteiger partial charge is 0.108 e. The number of benzene rings is 1. The van der Waals surface area contributed by atoms with E-state index in [1.807, 2.05) is 42.2 Å². The summed E-state index contributed by atoms with van der Waals surface area (Å²) in [6.45, 7) is 2.11. The number of imidazole rings is 1. The number of hydrogen-bond donors (Lipinski definition) is 1. The van der Waals surface area contributed by atoms with Crippen LogP contribution in [0.2, 0.25) is 0 Å². The lowest BCUT2D eigenvalue weighted by atomic mass is 10.0. The molecule has 0 bridgehead atoms. The molecule has 1 atom stereocenters. The summed E-state index contributed by atoms with van der Waals surface area (Å²) in [7, 11) is 2.01. The maximum atomic E-state index is 6.32. The van der Waals surface area contributed by atoms with Gasteiger partial charge >= 0.3 is 0 Å². The number of aryl methyl sites for hydroxylation is 3. The molecule has 3 rings (SSSR count). The molecule has 1 aromatic carbocycles. The molecule has 2 heterocycles. The third-order valence-electron chi connectivity index (χ3n) is 3.92. The zero-order chi connectivity index (χ0) is 14.8. The average molecular weight is 280 g/mol. The molecule has 0 radical (unpaired) electrons. The topological polar surface area (TPSA) is 56.7 Å². The van der Waals surface area contributed by atoms with E-state index in [9.17, 15) is 0 Å². The Hall–Kier alpha value is -2.20. The van der Waals surface area contributed by atoms with Crippen molar-refractivity contribution in [2.24, 2.45) is 12.8 Å². The highest BCUT2D eigenvalue weighted by Crippen LogP contribution is 2.22. The molecule has 2 aromatic heterocycles. The van der Waals surface area contributed by atoms with Gasteiger partial charge < -0.3 is 10.3 Å². The van der Waals surface area contributed by atoms with Crippen LogP contribution in [0.4, 0.5) is 0 Å². The van der Waals surface area contributed by atoms with Crippen molar-refractivity contribution in [3.8, 4) is 0 Å². The monoisotopic (exact) mass is 280 g/mol. The molecule has 0 saturated heterocycles.